The fourth-order valence-corrected chi connectivity index (χ4v) is 2.26. The third-order valence-electron chi connectivity index (χ3n) is 3.34. The molecule has 2 nitrogen and oxygen atoms in total. The highest BCUT2D eigenvalue weighted by Crippen LogP contribution is 2.29. The van der Waals surface area contributed by atoms with Gasteiger partial charge >= 0.3 is 0 Å². The molecule has 0 saturated heterocycles. The molecule has 0 aliphatic rings. The summed E-state index contributed by atoms with van der Waals surface area (Å²) in [5.41, 5.74) is 4.18. The first kappa shape index (κ1) is 13.6. The number of ether oxygens (including phenoxy) is 1. The Balaban J connectivity index is 2.53. The first-order chi connectivity index (χ1) is 9.06. The van der Waals surface area contributed by atoms with Crippen molar-refractivity contribution in [2.24, 2.45) is 0 Å². The average Bonchev–Trinajstić information content (AvgIpc) is 2.38. The number of halogens is 1. The van der Waals surface area contributed by atoms with Crippen LogP contribution < -0.4 is 4.74 Å². The van der Waals surface area contributed by atoms with Crippen LogP contribution in [0.5, 0.6) is 5.75 Å². The van der Waals surface area contributed by atoms with Gasteiger partial charge in [0.05, 0.1) is 13.7 Å². The van der Waals surface area contributed by atoms with Gasteiger partial charge < -0.3 is 9.84 Å². The number of aliphatic hydroxyl groups excluding tert-OH is 1. The van der Waals surface area contributed by atoms with E-state index in [9.17, 15) is 9.50 Å². The van der Waals surface area contributed by atoms with E-state index in [2.05, 4.69) is 0 Å². The standard InChI is InChI=1S/C16H17FO2/c1-10-6-12(7-11(2)15(10)9-18)14-5-4-13(19-3)8-16(14)17/h4-8,18H,9H2,1-3H3. The Bertz CT molecular complexity index is 583. The summed E-state index contributed by atoms with van der Waals surface area (Å²) in [6.45, 7) is 3.84. The fraction of sp³-hybridized carbons (Fsp3) is 0.250. The summed E-state index contributed by atoms with van der Waals surface area (Å²) in [6.07, 6.45) is 0. The van der Waals surface area contributed by atoms with E-state index in [4.69, 9.17) is 4.74 Å². The average molecular weight is 260 g/mol. The number of rotatable bonds is 3. The van der Waals surface area contributed by atoms with Crippen molar-refractivity contribution in [1.82, 2.24) is 0 Å². The maximum absolute atomic E-state index is 14.0. The van der Waals surface area contributed by atoms with E-state index in [1.807, 2.05) is 26.0 Å². The Hall–Kier alpha value is -1.87. The molecular weight excluding hydrogens is 243 g/mol. The second kappa shape index (κ2) is 5.41. The molecule has 3 heteroatoms. The third kappa shape index (κ3) is 2.61. The fourth-order valence-electron chi connectivity index (χ4n) is 2.26. The summed E-state index contributed by atoms with van der Waals surface area (Å²) in [6, 6.07) is 8.61. The van der Waals surface area contributed by atoms with Crippen LogP contribution in [0.3, 0.4) is 0 Å². The molecule has 2 rings (SSSR count). The van der Waals surface area contributed by atoms with Crippen molar-refractivity contribution in [2.75, 3.05) is 7.11 Å². The monoisotopic (exact) mass is 260 g/mol. The summed E-state index contributed by atoms with van der Waals surface area (Å²) >= 11 is 0. The van der Waals surface area contributed by atoms with Gasteiger partial charge in [0.2, 0.25) is 0 Å². The van der Waals surface area contributed by atoms with Gasteiger partial charge in [-0.05, 0) is 48.2 Å². The predicted octanol–water partition coefficient (Wildman–Crippen LogP) is 3.61. The largest absolute Gasteiger partial charge is 0.497 e. The van der Waals surface area contributed by atoms with Crippen molar-refractivity contribution in [3.8, 4) is 16.9 Å². The van der Waals surface area contributed by atoms with Crippen LogP contribution in [0.4, 0.5) is 4.39 Å². The summed E-state index contributed by atoms with van der Waals surface area (Å²) < 4.78 is 19.0. The molecule has 100 valence electrons. The predicted molar refractivity (Wildman–Crippen MR) is 73.8 cm³/mol. The van der Waals surface area contributed by atoms with E-state index in [0.29, 0.717) is 11.3 Å². The van der Waals surface area contributed by atoms with E-state index in [0.717, 1.165) is 22.3 Å². The highest BCUT2D eigenvalue weighted by Gasteiger charge is 2.10. The van der Waals surface area contributed by atoms with Gasteiger partial charge in [-0.15, -0.1) is 0 Å². The van der Waals surface area contributed by atoms with Gasteiger partial charge in [0.15, 0.2) is 0 Å². The summed E-state index contributed by atoms with van der Waals surface area (Å²) in [5.74, 6) is 0.191. The Kier molecular flexibility index (Phi) is 3.86. The number of methoxy groups -OCH3 is 1. The lowest BCUT2D eigenvalue weighted by molar-refractivity contribution is 0.280. The van der Waals surface area contributed by atoms with Crippen molar-refractivity contribution in [1.29, 1.82) is 0 Å². The normalized spacial score (nSPS) is 10.6. The molecule has 2 aromatic rings. The molecule has 0 saturated carbocycles. The van der Waals surface area contributed by atoms with Crippen LogP contribution in [0.15, 0.2) is 30.3 Å². The molecule has 1 N–H and O–H groups in total. The van der Waals surface area contributed by atoms with Crippen molar-refractivity contribution in [2.45, 2.75) is 20.5 Å². The molecule has 2 aromatic carbocycles. The number of aryl methyl sites for hydroxylation is 2. The molecule has 0 aliphatic carbocycles. The van der Waals surface area contributed by atoms with Gasteiger partial charge in [-0.1, -0.05) is 12.1 Å². The minimum atomic E-state index is -0.310. The molecule has 0 radical (unpaired) electrons. The molecule has 0 fully saturated rings. The van der Waals surface area contributed by atoms with Crippen molar-refractivity contribution < 1.29 is 14.2 Å². The molecule has 0 atom stereocenters. The SMILES string of the molecule is COc1ccc(-c2cc(C)c(CO)c(C)c2)c(F)c1. The quantitative estimate of drug-likeness (QED) is 0.913. The zero-order valence-corrected chi connectivity index (χ0v) is 11.3. The molecule has 0 amide bonds. The Morgan fingerprint density at radius 3 is 2.21 bits per heavy atom. The van der Waals surface area contributed by atoms with Gasteiger partial charge in [0.25, 0.3) is 0 Å². The topological polar surface area (TPSA) is 29.5 Å². The van der Waals surface area contributed by atoms with Crippen LogP contribution in [0.2, 0.25) is 0 Å². The molecule has 0 unspecified atom stereocenters. The van der Waals surface area contributed by atoms with Crippen LogP contribution in [0, 0.1) is 19.7 Å². The lowest BCUT2D eigenvalue weighted by atomic mass is 9.95. The van der Waals surface area contributed by atoms with E-state index < -0.39 is 0 Å². The molecule has 0 spiro atoms. The second-order valence-electron chi connectivity index (χ2n) is 4.59. The number of hydrogen-bond donors (Lipinski definition) is 1. The summed E-state index contributed by atoms with van der Waals surface area (Å²) in [4.78, 5) is 0. The Morgan fingerprint density at radius 1 is 1.11 bits per heavy atom. The van der Waals surface area contributed by atoms with Crippen LogP contribution in [0.25, 0.3) is 11.1 Å². The van der Waals surface area contributed by atoms with Crippen LogP contribution in [-0.4, -0.2) is 12.2 Å². The highest BCUT2D eigenvalue weighted by atomic mass is 19.1. The van der Waals surface area contributed by atoms with E-state index in [1.54, 1.807) is 12.1 Å². The maximum Gasteiger partial charge on any atom is 0.134 e. The molecular formula is C16H17FO2. The van der Waals surface area contributed by atoms with Gasteiger partial charge in [-0.25, -0.2) is 4.39 Å². The minimum Gasteiger partial charge on any atom is -0.497 e. The maximum atomic E-state index is 14.0. The highest BCUT2D eigenvalue weighted by molar-refractivity contribution is 5.67. The Morgan fingerprint density at radius 2 is 1.74 bits per heavy atom. The summed E-state index contributed by atoms with van der Waals surface area (Å²) in [5, 5.41) is 9.29. The molecule has 0 bridgehead atoms. The molecule has 0 heterocycles. The summed E-state index contributed by atoms with van der Waals surface area (Å²) in [7, 11) is 1.51. The number of aliphatic hydroxyl groups is 1. The van der Waals surface area contributed by atoms with Gasteiger partial charge in [-0.3, -0.25) is 0 Å². The number of hydrogen-bond acceptors (Lipinski definition) is 2. The second-order valence-corrected chi connectivity index (χ2v) is 4.59. The van der Waals surface area contributed by atoms with Crippen molar-refractivity contribution in [3.05, 3.63) is 52.8 Å². The van der Waals surface area contributed by atoms with Crippen LogP contribution in [0.1, 0.15) is 16.7 Å². The van der Waals surface area contributed by atoms with E-state index in [-0.39, 0.29) is 12.4 Å². The lowest BCUT2D eigenvalue weighted by Crippen LogP contribution is -1.95. The van der Waals surface area contributed by atoms with E-state index >= 15 is 0 Å². The van der Waals surface area contributed by atoms with Crippen LogP contribution >= 0.6 is 0 Å². The first-order valence-corrected chi connectivity index (χ1v) is 6.11. The van der Waals surface area contributed by atoms with E-state index in [1.165, 1.54) is 13.2 Å². The van der Waals surface area contributed by atoms with Gasteiger partial charge in [0, 0.05) is 11.6 Å². The van der Waals surface area contributed by atoms with Gasteiger partial charge in [0.1, 0.15) is 11.6 Å². The first-order valence-electron chi connectivity index (χ1n) is 6.11. The molecule has 0 aromatic heterocycles. The van der Waals surface area contributed by atoms with Crippen molar-refractivity contribution >= 4 is 0 Å². The number of benzene rings is 2. The van der Waals surface area contributed by atoms with Gasteiger partial charge in [-0.2, -0.15) is 0 Å². The van der Waals surface area contributed by atoms with Crippen molar-refractivity contribution in [3.63, 3.8) is 0 Å². The lowest BCUT2D eigenvalue weighted by Gasteiger charge is -2.12. The zero-order chi connectivity index (χ0) is 14.0. The smallest absolute Gasteiger partial charge is 0.134 e. The third-order valence-corrected chi connectivity index (χ3v) is 3.34. The molecule has 19 heavy (non-hydrogen) atoms. The zero-order valence-electron chi connectivity index (χ0n) is 11.3. The minimum absolute atomic E-state index is 0.00302. The Labute approximate surface area is 112 Å². The van der Waals surface area contributed by atoms with Crippen LogP contribution in [-0.2, 0) is 6.61 Å². The molecule has 0 aliphatic heterocycles.